The number of benzene rings is 1. The van der Waals surface area contributed by atoms with E-state index in [0.717, 1.165) is 19.3 Å². The first-order chi connectivity index (χ1) is 13.3. The van der Waals surface area contributed by atoms with Gasteiger partial charge in [0.2, 0.25) is 10.0 Å². The third kappa shape index (κ3) is 4.23. The molecule has 1 aliphatic heterocycles. The highest BCUT2D eigenvalue weighted by Crippen LogP contribution is 2.31. The van der Waals surface area contributed by atoms with Crippen LogP contribution in [0.25, 0.3) is 0 Å². The molecule has 0 unspecified atom stereocenters. The first-order valence-electron chi connectivity index (χ1n) is 9.48. The molecule has 3 rings (SSSR count). The lowest BCUT2D eigenvalue weighted by Crippen LogP contribution is -2.35. The van der Waals surface area contributed by atoms with Gasteiger partial charge >= 0.3 is 0 Å². The largest absolute Gasteiger partial charge is 0.492 e. The number of amides is 1. The summed E-state index contributed by atoms with van der Waals surface area (Å²) >= 11 is 0. The molecule has 0 radical (unpaired) electrons. The Morgan fingerprint density at radius 2 is 1.89 bits per heavy atom. The molecular formula is C20H26N2O5S. The van der Waals surface area contributed by atoms with Crippen LogP contribution in [0.3, 0.4) is 0 Å². The highest BCUT2D eigenvalue weighted by Gasteiger charge is 2.27. The van der Waals surface area contributed by atoms with Gasteiger partial charge in [-0.05, 0) is 57.9 Å². The van der Waals surface area contributed by atoms with Gasteiger partial charge in [-0.3, -0.25) is 4.79 Å². The van der Waals surface area contributed by atoms with E-state index in [1.165, 1.54) is 16.4 Å². The third-order valence-electron chi connectivity index (χ3n) is 4.74. The van der Waals surface area contributed by atoms with E-state index in [1.807, 2.05) is 6.92 Å². The maximum absolute atomic E-state index is 13.0. The molecule has 0 atom stereocenters. The fourth-order valence-electron chi connectivity index (χ4n) is 3.35. The lowest BCUT2D eigenvalue weighted by atomic mass is 10.2. The summed E-state index contributed by atoms with van der Waals surface area (Å²) in [6, 6.07) is 6.23. The Kier molecular flexibility index (Phi) is 6.10. The fourth-order valence-corrected chi connectivity index (χ4v) is 4.89. The minimum Gasteiger partial charge on any atom is -0.492 e. The van der Waals surface area contributed by atoms with E-state index >= 15 is 0 Å². The van der Waals surface area contributed by atoms with E-state index in [-0.39, 0.29) is 10.8 Å². The molecule has 1 aromatic heterocycles. The second-order valence-corrected chi connectivity index (χ2v) is 8.77. The lowest BCUT2D eigenvalue weighted by Gasteiger charge is -2.26. The summed E-state index contributed by atoms with van der Waals surface area (Å²) in [5, 5.41) is 2.77. The van der Waals surface area contributed by atoms with Gasteiger partial charge in [-0.1, -0.05) is 6.42 Å². The zero-order valence-corrected chi connectivity index (χ0v) is 17.3. The summed E-state index contributed by atoms with van der Waals surface area (Å²) in [6.45, 7) is 6.73. The Morgan fingerprint density at radius 3 is 2.50 bits per heavy atom. The number of nitrogens with one attached hydrogen (secondary N) is 1. The normalized spacial score (nSPS) is 15.4. The predicted octanol–water partition coefficient (Wildman–Crippen LogP) is 3.72. The van der Waals surface area contributed by atoms with Gasteiger partial charge in [-0.25, -0.2) is 8.42 Å². The van der Waals surface area contributed by atoms with Crippen LogP contribution in [0, 0.1) is 13.8 Å². The molecular weight excluding hydrogens is 380 g/mol. The number of piperidine rings is 1. The van der Waals surface area contributed by atoms with Crippen LogP contribution in [0.15, 0.2) is 33.6 Å². The number of hydrogen-bond acceptors (Lipinski definition) is 5. The van der Waals surface area contributed by atoms with E-state index in [9.17, 15) is 13.2 Å². The van der Waals surface area contributed by atoms with E-state index in [4.69, 9.17) is 9.15 Å². The van der Waals surface area contributed by atoms with Crippen LogP contribution in [0.1, 0.15) is 48.1 Å². The van der Waals surface area contributed by atoms with Crippen LogP contribution in [-0.4, -0.2) is 38.3 Å². The quantitative estimate of drug-likeness (QED) is 0.790. The average molecular weight is 407 g/mol. The number of furan rings is 1. The molecule has 1 aromatic carbocycles. The molecule has 7 nitrogen and oxygen atoms in total. The first kappa shape index (κ1) is 20.4. The number of hydrogen-bond donors (Lipinski definition) is 1. The number of anilines is 1. The summed E-state index contributed by atoms with van der Waals surface area (Å²) in [6.07, 6.45) is 2.76. The van der Waals surface area contributed by atoms with Crippen molar-refractivity contribution in [3.05, 3.63) is 41.3 Å². The monoisotopic (exact) mass is 406 g/mol. The van der Waals surface area contributed by atoms with Gasteiger partial charge in [-0.15, -0.1) is 0 Å². The molecule has 0 spiro atoms. The summed E-state index contributed by atoms with van der Waals surface area (Å²) in [5.41, 5.74) is 0.729. The number of aryl methyl sites for hydroxylation is 2. The Bertz CT molecular complexity index is 959. The SMILES string of the molecule is CCOc1ccc(S(=O)(=O)N2CCCCC2)cc1NC(=O)c1cc(C)oc1C. The standard InChI is InChI=1S/C20H26N2O5S/c1-4-26-19-9-8-16(28(24,25)22-10-6-5-7-11-22)13-18(19)21-20(23)17-12-14(2)27-15(17)3/h8-9,12-13H,4-7,10-11H2,1-3H3,(H,21,23). The first-order valence-corrected chi connectivity index (χ1v) is 10.9. The number of ether oxygens (including phenoxy) is 1. The van der Waals surface area contributed by atoms with Gasteiger partial charge < -0.3 is 14.5 Å². The van der Waals surface area contributed by atoms with Crippen molar-refractivity contribution in [2.75, 3.05) is 25.0 Å². The van der Waals surface area contributed by atoms with Crippen LogP contribution in [-0.2, 0) is 10.0 Å². The van der Waals surface area contributed by atoms with E-state index in [1.54, 1.807) is 26.0 Å². The van der Waals surface area contributed by atoms with Crippen molar-refractivity contribution in [1.82, 2.24) is 4.31 Å². The fraction of sp³-hybridized carbons (Fsp3) is 0.450. The Morgan fingerprint density at radius 1 is 1.18 bits per heavy atom. The predicted molar refractivity (Wildman–Crippen MR) is 106 cm³/mol. The molecule has 1 saturated heterocycles. The van der Waals surface area contributed by atoms with Gasteiger partial charge in [-0.2, -0.15) is 4.31 Å². The van der Waals surface area contributed by atoms with E-state index < -0.39 is 10.0 Å². The van der Waals surface area contributed by atoms with Gasteiger partial charge in [0.05, 0.1) is 22.8 Å². The van der Waals surface area contributed by atoms with Crippen molar-refractivity contribution in [3.8, 4) is 5.75 Å². The van der Waals surface area contributed by atoms with Crippen molar-refractivity contribution >= 4 is 21.6 Å². The average Bonchev–Trinajstić information content (AvgIpc) is 3.02. The summed E-state index contributed by atoms with van der Waals surface area (Å²) < 4.78 is 38.4. The van der Waals surface area contributed by atoms with Gasteiger partial charge in [0.15, 0.2) is 0 Å². The molecule has 0 aliphatic carbocycles. The van der Waals surface area contributed by atoms with Crippen molar-refractivity contribution < 1.29 is 22.4 Å². The van der Waals surface area contributed by atoms with Crippen molar-refractivity contribution in [3.63, 3.8) is 0 Å². The van der Waals surface area contributed by atoms with Crippen LogP contribution < -0.4 is 10.1 Å². The van der Waals surface area contributed by atoms with Crippen molar-refractivity contribution in [2.24, 2.45) is 0 Å². The molecule has 0 saturated carbocycles. The molecule has 152 valence electrons. The number of carbonyl (C=O) groups excluding carboxylic acids is 1. The smallest absolute Gasteiger partial charge is 0.259 e. The minimum absolute atomic E-state index is 0.147. The van der Waals surface area contributed by atoms with Crippen molar-refractivity contribution in [2.45, 2.75) is 44.9 Å². The molecule has 8 heteroatoms. The zero-order valence-electron chi connectivity index (χ0n) is 16.4. The Hall–Kier alpha value is -2.32. The van der Waals surface area contributed by atoms with Crippen LogP contribution in [0.4, 0.5) is 5.69 Å². The summed E-state index contributed by atoms with van der Waals surface area (Å²) in [4.78, 5) is 12.8. The second kappa shape index (κ2) is 8.36. The molecule has 28 heavy (non-hydrogen) atoms. The highest BCUT2D eigenvalue weighted by atomic mass is 32.2. The van der Waals surface area contributed by atoms with Gasteiger partial charge in [0.25, 0.3) is 5.91 Å². The lowest BCUT2D eigenvalue weighted by molar-refractivity contribution is 0.102. The Labute approximate surface area is 165 Å². The van der Waals surface area contributed by atoms with Gasteiger partial charge in [0.1, 0.15) is 17.3 Å². The molecule has 1 fully saturated rings. The number of nitrogens with zero attached hydrogens (tertiary/aromatic N) is 1. The molecule has 1 N–H and O–H groups in total. The summed E-state index contributed by atoms with van der Waals surface area (Å²) in [5.74, 6) is 1.19. The topological polar surface area (TPSA) is 88.9 Å². The summed E-state index contributed by atoms with van der Waals surface area (Å²) in [7, 11) is -3.61. The molecule has 1 amide bonds. The van der Waals surface area contributed by atoms with Crippen LogP contribution in [0.2, 0.25) is 0 Å². The zero-order chi connectivity index (χ0) is 20.3. The third-order valence-corrected chi connectivity index (χ3v) is 6.63. The van der Waals surface area contributed by atoms with Gasteiger partial charge in [0, 0.05) is 13.1 Å². The second-order valence-electron chi connectivity index (χ2n) is 6.84. The van der Waals surface area contributed by atoms with E-state index in [2.05, 4.69) is 5.32 Å². The molecule has 2 aromatic rings. The molecule has 0 bridgehead atoms. The van der Waals surface area contributed by atoms with Crippen LogP contribution >= 0.6 is 0 Å². The van der Waals surface area contributed by atoms with Crippen molar-refractivity contribution in [1.29, 1.82) is 0 Å². The maximum Gasteiger partial charge on any atom is 0.259 e. The minimum atomic E-state index is -3.61. The Balaban J connectivity index is 1.93. The maximum atomic E-state index is 13.0. The molecule has 1 aliphatic rings. The molecule has 2 heterocycles. The number of sulfonamides is 1. The number of rotatable bonds is 6. The van der Waals surface area contributed by atoms with E-state index in [0.29, 0.717) is 48.2 Å². The highest BCUT2D eigenvalue weighted by molar-refractivity contribution is 7.89. The number of carbonyl (C=O) groups is 1. The van der Waals surface area contributed by atoms with Crippen LogP contribution in [0.5, 0.6) is 5.75 Å².